The molecule has 0 N–H and O–H groups in total. The summed E-state index contributed by atoms with van der Waals surface area (Å²) in [6.07, 6.45) is 1.15. The fourth-order valence-electron chi connectivity index (χ4n) is 1.75. The molecule has 0 aromatic heterocycles. The molecular weight excluding hydrogens is 160 g/mol. The highest BCUT2D eigenvalue weighted by Gasteiger charge is 2.22. The van der Waals surface area contributed by atoms with Gasteiger partial charge in [-0.2, -0.15) is 0 Å². The Morgan fingerprint density at radius 3 is 1.77 bits per heavy atom. The lowest BCUT2D eigenvalue weighted by molar-refractivity contribution is -0.126. The van der Waals surface area contributed by atoms with Gasteiger partial charge >= 0.3 is 0 Å². The SMILES string of the molecule is CC(C)CC(C)C(C)C(=O)C(C)C. The van der Waals surface area contributed by atoms with Crippen LogP contribution >= 0.6 is 0 Å². The molecule has 0 saturated carbocycles. The fraction of sp³-hybridized carbons (Fsp3) is 0.917. The van der Waals surface area contributed by atoms with Gasteiger partial charge < -0.3 is 0 Å². The van der Waals surface area contributed by atoms with Gasteiger partial charge in [-0.15, -0.1) is 0 Å². The average Bonchev–Trinajstić information content (AvgIpc) is 2.00. The van der Waals surface area contributed by atoms with Gasteiger partial charge in [-0.05, 0) is 18.3 Å². The van der Waals surface area contributed by atoms with Crippen molar-refractivity contribution in [3.63, 3.8) is 0 Å². The maximum Gasteiger partial charge on any atom is 0.138 e. The second kappa shape index (κ2) is 5.41. The Balaban J connectivity index is 4.09. The third-order valence-electron chi connectivity index (χ3n) is 2.71. The van der Waals surface area contributed by atoms with Gasteiger partial charge in [0.15, 0.2) is 0 Å². The zero-order chi connectivity index (χ0) is 10.6. The van der Waals surface area contributed by atoms with Crippen molar-refractivity contribution in [3.05, 3.63) is 0 Å². The predicted molar refractivity (Wildman–Crippen MR) is 57.6 cm³/mol. The van der Waals surface area contributed by atoms with E-state index in [0.717, 1.165) is 6.42 Å². The summed E-state index contributed by atoms with van der Waals surface area (Å²) < 4.78 is 0. The van der Waals surface area contributed by atoms with E-state index >= 15 is 0 Å². The van der Waals surface area contributed by atoms with E-state index in [2.05, 4.69) is 27.7 Å². The Kier molecular flexibility index (Phi) is 5.27. The molecule has 0 saturated heterocycles. The zero-order valence-corrected chi connectivity index (χ0v) is 9.92. The minimum Gasteiger partial charge on any atom is -0.299 e. The first-order valence-corrected chi connectivity index (χ1v) is 5.40. The molecule has 2 unspecified atom stereocenters. The highest BCUT2D eigenvalue weighted by Crippen LogP contribution is 2.22. The quantitative estimate of drug-likeness (QED) is 0.639. The predicted octanol–water partition coefficient (Wildman–Crippen LogP) is 3.53. The molecule has 0 aromatic carbocycles. The number of hydrogen-bond acceptors (Lipinski definition) is 1. The van der Waals surface area contributed by atoms with Crippen molar-refractivity contribution in [2.75, 3.05) is 0 Å². The van der Waals surface area contributed by atoms with Crippen LogP contribution in [-0.4, -0.2) is 5.78 Å². The van der Waals surface area contributed by atoms with Crippen LogP contribution in [0.15, 0.2) is 0 Å². The summed E-state index contributed by atoms with van der Waals surface area (Å²) in [6, 6.07) is 0. The van der Waals surface area contributed by atoms with E-state index in [1.165, 1.54) is 0 Å². The first-order chi connectivity index (χ1) is 5.86. The summed E-state index contributed by atoms with van der Waals surface area (Å²) in [4.78, 5) is 11.7. The summed E-state index contributed by atoms with van der Waals surface area (Å²) in [6.45, 7) is 12.6. The van der Waals surface area contributed by atoms with Crippen molar-refractivity contribution >= 4 is 5.78 Å². The summed E-state index contributed by atoms with van der Waals surface area (Å²) in [5.74, 6) is 2.03. The van der Waals surface area contributed by atoms with Crippen LogP contribution in [0.25, 0.3) is 0 Å². The number of carbonyl (C=O) groups excluding carboxylic acids is 1. The molecule has 0 aliphatic rings. The van der Waals surface area contributed by atoms with E-state index in [-0.39, 0.29) is 11.8 Å². The van der Waals surface area contributed by atoms with Gasteiger partial charge in [0.2, 0.25) is 0 Å². The van der Waals surface area contributed by atoms with Crippen molar-refractivity contribution in [3.8, 4) is 0 Å². The molecule has 0 amide bonds. The normalized spacial score (nSPS) is 16.3. The third kappa shape index (κ3) is 4.44. The van der Waals surface area contributed by atoms with Gasteiger partial charge in [-0.3, -0.25) is 4.79 Å². The van der Waals surface area contributed by atoms with Crippen LogP contribution in [0.4, 0.5) is 0 Å². The molecule has 78 valence electrons. The Bertz CT molecular complexity index is 159. The lowest BCUT2D eigenvalue weighted by Gasteiger charge is -2.21. The van der Waals surface area contributed by atoms with E-state index in [0.29, 0.717) is 17.6 Å². The van der Waals surface area contributed by atoms with Crippen molar-refractivity contribution < 1.29 is 4.79 Å². The minimum absolute atomic E-state index is 0.185. The lowest BCUT2D eigenvalue weighted by Crippen LogP contribution is -2.24. The van der Waals surface area contributed by atoms with Gasteiger partial charge in [0, 0.05) is 11.8 Å². The maximum absolute atomic E-state index is 11.7. The smallest absolute Gasteiger partial charge is 0.138 e. The first kappa shape index (κ1) is 12.7. The summed E-state index contributed by atoms with van der Waals surface area (Å²) in [5.41, 5.74) is 0. The first-order valence-electron chi connectivity index (χ1n) is 5.40. The average molecular weight is 184 g/mol. The van der Waals surface area contributed by atoms with Crippen LogP contribution in [0.2, 0.25) is 0 Å². The van der Waals surface area contributed by atoms with Crippen LogP contribution in [0.3, 0.4) is 0 Å². The van der Waals surface area contributed by atoms with Crippen molar-refractivity contribution in [2.24, 2.45) is 23.7 Å². The highest BCUT2D eigenvalue weighted by molar-refractivity contribution is 5.82. The summed E-state index contributed by atoms with van der Waals surface area (Å²) in [5, 5.41) is 0. The Morgan fingerprint density at radius 2 is 1.46 bits per heavy atom. The van der Waals surface area contributed by atoms with Gasteiger partial charge in [-0.1, -0.05) is 41.5 Å². The Hall–Kier alpha value is -0.330. The van der Waals surface area contributed by atoms with Crippen molar-refractivity contribution in [1.29, 1.82) is 0 Å². The number of carbonyl (C=O) groups is 1. The highest BCUT2D eigenvalue weighted by atomic mass is 16.1. The number of hydrogen-bond donors (Lipinski definition) is 0. The van der Waals surface area contributed by atoms with E-state index in [9.17, 15) is 4.79 Å². The molecule has 13 heavy (non-hydrogen) atoms. The van der Waals surface area contributed by atoms with Crippen LogP contribution < -0.4 is 0 Å². The molecule has 0 bridgehead atoms. The fourth-order valence-corrected chi connectivity index (χ4v) is 1.75. The molecule has 1 heteroatoms. The Morgan fingerprint density at radius 1 is 1.00 bits per heavy atom. The monoisotopic (exact) mass is 184 g/mol. The van der Waals surface area contributed by atoms with Crippen LogP contribution in [0.5, 0.6) is 0 Å². The molecule has 1 nitrogen and oxygen atoms in total. The second-order valence-corrected chi connectivity index (χ2v) is 4.95. The van der Waals surface area contributed by atoms with Crippen LogP contribution in [-0.2, 0) is 4.79 Å². The minimum atomic E-state index is 0.185. The van der Waals surface area contributed by atoms with E-state index in [1.807, 2.05) is 13.8 Å². The molecule has 0 fully saturated rings. The second-order valence-electron chi connectivity index (χ2n) is 4.95. The largest absolute Gasteiger partial charge is 0.299 e. The third-order valence-corrected chi connectivity index (χ3v) is 2.71. The molecule has 0 heterocycles. The molecule has 0 aliphatic carbocycles. The van der Waals surface area contributed by atoms with Gasteiger partial charge in [0.25, 0.3) is 0 Å². The molecule has 0 radical (unpaired) electrons. The maximum atomic E-state index is 11.7. The molecule has 0 spiro atoms. The summed E-state index contributed by atoms with van der Waals surface area (Å²) in [7, 11) is 0. The number of rotatable bonds is 5. The van der Waals surface area contributed by atoms with Gasteiger partial charge in [0.1, 0.15) is 5.78 Å². The molecule has 2 atom stereocenters. The van der Waals surface area contributed by atoms with E-state index in [1.54, 1.807) is 0 Å². The van der Waals surface area contributed by atoms with Gasteiger partial charge in [-0.25, -0.2) is 0 Å². The van der Waals surface area contributed by atoms with Crippen molar-refractivity contribution in [2.45, 2.75) is 48.0 Å². The van der Waals surface area contributed by atoms with E-state index < -0.39 is 0 Å². The number of ketones is 1. The molecule has 0 aromatic rings. The van der Waals surface area contributed by atoms with Crippen LogP contribution in [0.1, 0.15) is 48.0 Å². The Labute approximate surface area is 82.9 Å². The molecular formula is C12H24O. The van der Waals surface area contributed by atoms with Crippen LogP contribution in [0, 0.1) is 23.7 Å². The number of Topliss-reactive ketones (excluding diaryl/α,β-unsaturated/α-hetero) is 1. The molecule has 0 rings (SSSR count). The van der Waals surface area contributed by atoms with E-state index in [4.69, 9.17) is 0 Å². The van der Waals surface area contributed by atoms with Gasteiger partial charge in [0.05, 0.1) is 0 Å². The zero-order valence-electron chi connectivity index (χ0n) is 9.92. The van der Waals surface area contributed by atoms with Crippen molar-refractivity contribution in [1.82, 2.24) is 0 Å². The topological polar surface area (TPSA) is 17.1 Å². The lowest BCUT2D eigenvalue weighted by atomic mass is 9.82. The molecule has 0 aliphatic heterocycles. The standard InChI is InChI=1S/C12H24O/c1-8(2)7-10(5)11(6)12(13)9(3)4/h8-11H,7H2,1-6H3. The summed E-state index contributed by atoms with van der Waals surface area (Å²) >= 11 is 0.